The van der Waals surface area contributed by atoms with Crippen LogP contribution >= 0.6 is 0 Å². The molecule has 1 fully saturated rings. The number of amides is 2. The monoisotopic (exact) mass is 284 g/mol. The van der Waals surface area contributed by atoms with E-state index in [1.54, 1.807) is 7.05 Å². The number of hydrogen-bond acceptors (Lipinski definition) is 4. The van der Waals surface area contributed by atoms with Gasteiger partial charge in [0.25, 0.3) is 0 Å². The van der Waals surface area contributed by atoms with Gasteiger partial charge >= 0.3 is 0 Å². The minimum Gasteiger partial charge on any atom is -0.350 e. The van der Waals surface area contributed by atoms with Gasteiger partial charge in [0.1, 0.15) is 0 Å². The Kier molecular flexibility index (Phi) is 5.95. The van der Waals surface area contributed by atoms with Gasteiger partial charge in [-0.3, -0.25) is 14.5 Å². The van der Waals surface area contributed by atoms with Crippen molar-refractivity contribution < 1.29 is 9.59 Å². The van der Waals surface area contributed by atoms with Crippen LogP contribution < -0.4 is 11.1 Å². The third kappa shape index (κ3) is 6.34. The van der Waals surface area contributed by atoms with E-state index in [1.807, 2.05) is 20.8 Å². The van der Waals surface area contributed by atoms with Gasteiger partial charge in [0.15, 0.2) is 0 Å². The molecule has 0 aromatic heterocycles. The number of likely N-dealkylation sites (N-methyl/N-ethyl adjacent to an activating group) is 1. The largest absolute Gasteiger partial charge is 0.350 e. The Hall–Kier alpha value is -1.14. The molecule has 116 valence electrons. The number of nitrogens with two attached hydrogens (primary N) is 1. The Morgan fingerprint density at radius 2 is 1.85 bits per heavy atom. The molecule has 1 aliphatic rings. The predicted molar refractivity (Wildman–Crippen MR) is 79.2 cm³/mol. The Balaban J connectivity index is 2.34. The first-order valence-corrected chi connectivity index (χ1v) is 7.20. The van der Waals surface area contributed by atoms with Gasteiger partial charge in [-0.1, -0.05) is 0 Å². The van der Waals surface area contributed by atoms with Gasteiger partial charge in [-0.25, -0.2) is 0 Å². The summed E-state index contributed by atoms with van der Waals surface area (Å²) < 4.78 is 0. The molecular formula is C14H28N4O2. The zero-order valence-corrected chi connectivity index (χ0v) is 13.1. The maximum atomic E-state index is 12.1. The lowest BCUT2D eigenvalue weighted by Crippen LogP contribution is -2.49. The van der Waals surface area contributed by atoms with Crippen LogP contribution in [0, 0.1) is 0 Å². The normalized spacial score (nSPS) is 17.9. The van der Waals surface area contributed by atoms with E-state index in [1.165, 1.54) is 4.90 Å². The smallest absolute Gasteiger partial charge is 0.240 e. The van der Waals surface area contributed by atoms with Gasteiger partial charge < -0.3 is 16.0 Å². The molecule has 1 rings (SSSR count). The number of carbonyl (C=O) groups is 2. The molecule has 0 aromatic rings. The number of nitrogens with one attached hydrogen (secondary N) is 1. The fourth-order valence-electron chi connectivity index (χ4n) is 2.18. The predicted octanol–water partition coefficient (Wildman–Crippen LogP) is -0.217. The number of carbonyl (C=O) groups excluding carboxylic acids is 2. The first-order chi connectivity index (χ1) is 9.17. The van der Waals surface area contributed by atoms with Crippen LogP contribution in [0.1, 0.15) is 33.6 Å². The highest BCUT2D eigenvalue weighted by atomic mass is 16.2. The van der Waals surface area contributed by atoms with Crippen LogP contribution in [0.3, 0.4) is 0 Å². The second-order valence-electron chi connectivity index (χ2n) is 6.66. The Morgan fingerprint density at radius 1 is 1.30 bits per heavy atom. The van der Waals surface area contributed by atoms with Crippen molar-refractivity contribution in [1.82, 2.24) is 15.1 Å². The molecule has 20 heavy (non-hydrogen) atoms. The number of rotatable bonds is 4. The second kappa shape index (κ2) is 7.04. The molecule has 1 heterocycles. The molecular weight excluding hydrogens is 256 g/mol. The fraction of sp³-hybridized carbons (Fsp3) is 0.857. The van der Waals surface area contributed by atoms with Crippen LogP contribution in [0.2, 0.25) is 0 Å². The van der Waals surface area contributed by atoms with Crippen LogP contribution in [0.25, 0.3) is 0 Å². The number of piperidine rings is 1. The first kappa shape index (κ1) is 16.9. The summed E-state index contributed by atoms with van der Waals surface area (Å²) in [5, 5.41) is 2.85. The van der Waals surface area contributed by atoms with Gasteiger partial charge in [-0.05, 0) is 33.6 Å². The molecule has 3 N–H and O–H groups in total. The van der Waals surface area contributed by atoms with E-state index in [-0.39, 0.29) is 29.9 Å². The Bertz CT molecular complexity index is 344. The van der Waals surface area contributed by atoms with Gasteiger partial charge in [0, 0.05) is 31.7 Å². The van der Waals surface area contributed by atoms with E-state index in [4.69, 9.17) is 5.73 Å². The van der Waals surface area contributed by atoms with Crippen LogP contribution in [0.5, 0.6) is 0 Å². The summed E-state index contributed by atoms with van der Waals surface area (Å²) in [6.45, 7) is 7.94. The molecule has 1 saturated heterocycles. The maximum Gasteiger partial charge on any atom is 0.240 e. The van der Waals surface area contributed by atoms with Crippen molar-refractivity contribution >= 4 is 11.8 Å². The Morgan fingerprint density at radius 3 is 2.35 bits per heavy atom. The number of hydrogen-bond donors (Lipinski definition) is 2. The van der Waals surface area contributed by atoms with Gasteiger partial charge in [-0.2, -0.15) is 0 Å². The van der Waals surface area contributed by atoms with E-state index < -0.39 is 0 Å². The molecule has 6 heteroatoms. The van der Waals surface area contributed by atoms with E-state index in [0.717, 1.165) is 25.9 Å². The van der Waals surface area contributed by atoms with Gasteiger partial charge in [0.2, 0.25) is 11.8 Å². The minimum atomic E-state index is -0.274. The average molecular weight is 284 g/mol. The van der Waals surface area contributed by atoms with E-state index in [0.29, 0.717) is 6.54 Å². The lowest BCUT2D eigenvalue weighted by atomic mass is 10.1. The van der Waals surface area contributed by atoms with Crippen LogP contribution in [-0.4, -0.2) is 66.4 Å². The summed E-state index contributed by atoms with van der Waals surface area (Å²) in [7, 11) is 1.67. The molecule has 0 aliphatic carbocycles. The molecule has 0 atom stereocenters. The summed E-state index contributed by atoms with van der Waals surface area (Å²) >= 11 is 0. The molecule has 2 amide bonds. The topological polar surface area (TPSA) is 78.7 Å². The van der Waals surface area contributed by atoms with Crippen molar-refractivity contribution in [2.75, 3.05) is 33.2 Å². The zero-order chi connectivity index (χ0) is 15.3. The minimum absolute atomic E-state index is 0.0236. The molecule has 0 aromatic carbocycles. The number of likely N-dealkylation sites (tertiary alicyclic amines) is 1. The Labute approximate surface area is 121 Å². The molecule has 6 nitrogen and oxygen atoms in total. The van der Waals surface area contributed by atoms with Crippen molar-refractivity contribution in [2.24, 2.45) is 5.73 Å². The van der Waals surface area contributed by atoms with E-state index in [9.17, 15) is 9.59 Å². The molecule has 0 spiro atoms. The SMILES string of the molecule is CN(CC(=O)NC(C)(C)C)C(=O)CN1CCC(N)CC1. The first-order valence-electron chi connectivity index (χ1n) is 7.20. The van der Waals surface area contributed by atoms with Crippen molar-refractivity contribution in [2.45, 2.75) is 45.2 Å². The summed E-state index contributed by atoms with van der Waals surface area (Å²) in [4.78, 5) is 27.4. The van der Waals surface area contributed by atoms with Crippen molar-refractivity contribution in [3.63, 3.8) is 0 Å². The molecule has 1 aliphatic heterocycles. The average Bonchev–Trinajstić information content (AvgIpc) is 2.29. The lowest BCUT2D eigenvalue weighted by molar-refractivity contribution is -0.136. The summed E-state index contributed by atoms with van der Waals surface area (Å²) in [6, 6.07) is 0.261. The van der Waals surface area contributed by atoms with Gasteiger partial charge in [0.05, 0.1) is 13.1 Å². The molecule has 0 unspecified atom stereocenters. The molecule has 0 radical (unpaired) electrons. The summed E-state index contributed by atoms with van der Waals surface area (Å²) in [6.07, 6.45) is 1.86. The van der Waals surface area contributed by atoms with E-state index in [2.05, 4.69) is 10.2 Å². The highest BCUT2D eigenvalue weighted by Crippen LogP contribution is 2.08. The number of nitrogens with zero attached hydrogens (tertiary/aromatic N) is 2. The van der Waals surface area contributed by atoms with Crippen molar-refractivity contribution in [1.29, 1.82) is 0 Å². The van der Waals surface area contributed by atoms with Crippen LogP contribution in [-0.2, 0) is 9.59 Å². The van der Waals surface area contributed by atoms with Crippen LogP contribution in [0.15, 0.2) is 0 Å². The quantitative estimate of drug-likeness (QED) is 0.748. The van der Waals surface area contributed by atoms with Crippen LogP contribution in [0.4, 0.5) is 0 Å². The third-order valence-electron chi connectivity index (χ3n) is 3.31. The standard InChI is InChI=1S/C14H28N4O2/c1-14(2,3)16-12(19)9-17(4)13(20)10-18-7-5-11(15)6-8-18/h11H,5-10,15H2,1-4H3,(H,16,19). The molecule has 0 bridgehead atoms. The van der Waals surface area contributed by atoms with Crippen molar-refractivity contribution in [3.8, 4) is 0 Å². The highest BCUT2D eigenvalue weighted by molar-refractivity contribution is 5.85. The summed E-state index contributed by atoms with van der Waals surface area (Å²) in [5.41, 5.74) is 5.56. The maximum absolute atomic E-state index is 12.1. The third-order valence-corrected chi connectivity index (χ3v) is 3.31. The molecule has 0 saturated carbocycles. The summed E-state index contributed by atoms with van der Waals surface area (Å²) in [5.74, 6) is -0.154. The zero-order valence-electron chi connectivity index (χ0n) is 13.1. The van der Waals surface area contributed by atoms with Gasteiger partial charge in [-0.15, -0.1) is 0 Å². The van der Waals surface area contributed by atoms with E-state index >= 15 is 0 Å². The second-order valence-corrected chi connectivity index (χ2v) is 6.66. The van der Waals surface area contributed by atoms with Crippen molar-refractivity contribution in [3.05, 3.63) is 0 Å². The lowest BCUT2D eigenvalue weighted by Gasteiger charge is -2.31. The highest BCUT2D eigenvalue weighted by Gasteiger charge is 2.22. The fourth-order valence-corrected chi connectivity index (χ4v) is 2.18.